The van der Waals surface area contributed by atoms with Gasteiger partial charge in [0.2, 0.25) is 0 Å². The molecular weight excluding hydrogens is 264 g/mol. The van der Waals surface area contributed by atoms with Gasteiger partial charge in [0.1, 0.15) is 17.1 Å². The van der Waals surface area contributed by atoms with Gasteiger partial charge in [-0.2, -0.15) is 5.10 Å². The van der Waals surface area contributed by atoms with Crippen molar-refractivity contribution in [2.45, 2.75) is 13.8 Å². The number of carbonyl (C=O) groups is 1. The van der Waals surface area contributed by atoms with Gasteiger partial charge in [-0.3, -0.25) is 4.79 Å². The molecule has 0 saturated heterocycles. The number of hydrazone groups is 1. The van der Waals surface area contributed by atoms with Gasteiger partial charge in [-0.05, 0) is 26.0 Å². The third-order valence-electron chi connectivity index (χ3n) is 2.49. The standard InChI is InChI=1S/C13H12N2O5/c1-7-6-9(16)11(13(18)20-7)8(2)14-15-12(17)10-4-3-5-19-10/h3-6,16H,1-2H3,(H,15,17)/b14-8+. The number of nitrogens with one attached hydrogen (secondary N) is 1. The van der Waals surface area contributed by atoms with Crippen LogP contribution >= 0.6 is 0 Å². The SMILES string of the molecule is C/C(=N\NC(=O)c1ccco1)c1c(O)cc(C)oc1=O. The summed E-state index contributed by atoms with van der Waals surface area (Å²) in [5.74, 6) is -0.456. The van der Waals surface area contributed by atoms with E-state index in [1.54, 1.807) is 6.07 Å². The predicted molar refractivity (Wildman–Crippen MR) is 69.8 cm³/mol. The molecule has 0 aliphatic rings. The summed E-state index contributed by atoms with van der Waals surface area (Å²) < 4.78 is 9.75. The summed E-state index contributed by atoms with van der Waals surface area (Å²) in [4.78, 5) is 23.2. The van der Waals surface area contributed by atoms with Gasteiger partial charge >= 0.3 is 11.5 Å². The number of aromatic hydroxyl groups is 1. The molecular formula is C13H12N2O5. The van der Waals surface area contributed by atoms with Crippen LogP contribution in [0.25, 0.3) is 0 Å². The highest BCUT2D eigenvalue weighted by molar-refractivity contribution is 6.01. The summed E-state index contributed by atoms with van der Waals surface area (Å²) in [6.45, 7) is 3.00. The molecule has 0 aliphatic carbocycles. The molecule has 0 atom stereocenters. The number of amides is 1. The molecule has 2 heterocycles. The third-order valence-corrected chi connectivity index (χ3v) is 2.49. The highest BCUT2D eigenvalue weighted by atomic mass is 16.4. The fourth-order valence-corrected chi connectivity index (χ4v) is 1.58. The Bertz CT molecular complexity index is 713. The average molecular weight is 276 g/mol. The van der Waals surface area contributed by atoms with E-state index in [1.165, 1.54) is 32.2 Å². The summed E-state index contributed by atoms with van der Waals surface area (Å²) in [6, 6.07) is 4.33. The largest absolute Gasteiger partial charge is 0.507 e. The van der Waals surface area contributed by atoms with Crippen LogP contribution in [0.2, 0.25) is 0 Å². The van der Waals surface area contributed by atoms with E-state index in [0.717, 1.165) is 0 Å². The van der Waals surface area contributed by atoms with Crippen LogP contribution in [0.1, 0.15) is 28.8 Å². The van der Waals surface area contributed by atoms with Crippen LogP contribution in [-0.4, -0.2) is 16.7 Å². The zero-order valence-electron chi connectivity index (χ0n) is 10.8. The molecule has 0 saturated carbocycles. The van der Waals surface area contributed by atoms with Crippen LogP contribution in [0.4, 0.5) is 0 Å². The maximum Gasteiger partial charge on any atom is 0.348 e. The molecule has 2 aromatic heterocycles. The molecule has 1 amide bonds. The number of hydrogen-bond acceptors (Lipinski definition) is 6. The Kier molecular flexibility index (Phi) is 3.69. The first-order valence-electron chi connectivity index (χ1n) is 5.71. The van der Waals surface area contributed by atoms with E-state index >= 15 is 0 Å². The lowest BCUT2D eigenvalue weighted by molar-refractivity contribution is 0.0927. The second kappa shape index (κ2) is 5.43. The van der Waals surface area contributed by atoms with Crippen molar-refractivity contribution in [3.05, 3.63) is 52.0 Å². The zero-order valence-corrected chi connectivity index (χ0v) is 10.8. The van der Waals surface area contributed by atoms with Gasteiger partial charge in [0, 0.05) is 6.07 Å². The van der Waals surface area contributed by atoms with Crippen LogP contribution in [0.3, 0.4) is 0 Å². The van der Waals surface area contributed by atoms with Gasteiger partial charge in [-0.15, -0.1) is 0 Å². The highest BCUT2D eigenvalue weighted by Crippen LogP contribution is 2.15. The lowest BCUT2D eigenvalue weighted by Crippen LogP contribution is -2.21. The van der Waals surface area contributed by atoms with Crippen molar-refractivity contribution in [3.8, 4) is 5.75 Å². The molecule has 2 aromatic rings. The number of aryl methyl sites for hydroxylation is 1. The number of nitrogens with zero attached hydrogens (tertiary/aromatic N) is 1. The van der Waals surface area contributed by atoms with E-state index in [4.69, 9.17) is 8.83 Å². The van der Waals surface area contributed by atoms with Crippen molar-refractivity contribution in [2.24, 2.45) is 5.10 Å². The zero-order chi connectivity index (χ0) is 14.7. The Balaban J connectivity index is 2.24. The van der Waals surface area contributed by atoms with Crippen molar-refractivity contribution in [3.63, 3.8) is 0 Å². The fourth-order valence-electron chi connectivity index (χ4n) is 1.58. The summed E-state index contributed by atoms with van der Waals surface area (Å²) in [5, 5.41) is 13.5. The quantitative estimate of drug-likeness (QED) is 0.651. The summed E-state index contributed by atoms with van der Waals surface area (Å²) in [5.41, 5.74) is 1.51. The van der Waals surface area contributed by atoms with Crippen molar-refractivity contribution in [1.29, 1.82) is 0 Å². The molecule has 0 unspecified atom stereocenters. The molecule has 7 heteroatoms. The van der Waals surface area contributed by atoms with Gasteiger partial charge in [-0.25, -0.2) is 10.2 Å². The summed E-state index contributed by atoms with van der Waals surface area (Å²) in [7, 11) is 0. The van der Waals surface area contributed by atoms with E-state index in [-0.39, 0.29) is 28.5 Å². The Morgan fingerprint density at radius 1 is 1.45 bits per heavy atom. The molecule has 104 valence electrons. The maximum atomic E-state index is 11.6. The predicted octanol–water partition coefficient (Wildman–Crippen LogP) is 1.40. The van der Waals surface area contributed by atoms with Crippen LogP contribution in [-0.2, 0) is 0 Å². The monoisotopic (exact) mass is 276 g/mol. The number of carbonyl (C=O) groups excluding carboxylic acids is 1. The normalized spacial score (nSPS) is 11.4. The van der Waals surface area contributed by atoms with Crippen LogP contribution < -0.4 is 11.1 Å². The van der Waals surface area contributed by atoms with E-state index in [9.17, 15) is 14.7 Å². The van der Waals surface area contributed by atoms with Gasteiger partial charge in [0.25, 0.3) is 0 Å². The minimum Gasteiger partial charge on any atom is -0.507 e. The lowest BCUT2D eigenvalue weighted by atomic mass is 10.2. The van der Waals surface area contributed by atoms with Crippen molar-refractivity contribution < 1.29 is 18.7 Å². The molecule has 0 spiro atoms. The topological polar surface area (TPSA) is 105 Å². The first-order chi connectivity index (χ1) is 9.49. The van der Waals surface area contributed by atoms with Crippen LogP contribution in [0, 0.1) is 6.92 Å². The average Bonchev–Trinajstić information content (AvgIpc) is 2.88. The second-order valence-electron chi connectivity index (χ2n) is 4.02. The van der Waals surface area contributed by atoms with Crippen LogP contribution in [0.5, 0.6) is 5.75 Å². The maximum absolute atomic E-state index is 11.6. The lowest BCUT2D eigenvalue weighted by Gasteiger charge is -2.03. The smallest absolute Gasteiger partial charge is 0.348 e. The van der Waals surface area contributed by atoms with E-state index in [2.05, 4.69) is 10.5 Å². The Hall–Kier alpha value is -2.83. The van der Waals surface area contributed by atoms with Gasteiger partial charge in [0.15, 0.2) is 5.76 Å². The molecule has 0 radical (unpaired) electrons. The first-order valence-corrected chi connectivity index (χ1v) is 5.71. The molecule has 7 nitrogen and oxygen atoms in total. The van der Waals surface area contributed by atoms with E-state index in [0.29, 0.717) is 0 Å². The molecule has 2 rings (SSSR count). The van der Waals surface area contributed by atoms with Crippen molar-refractivity contribution in [1.82, 2.24) is 5.43 Å². The molecule has 20 heavy (non-hydrogen) atoms. The Labute approximate surface area is 113 Å². The Morgan fingerprint density at radius 2 is 2.20 bits per heavy atom. The number of rotatable bonds is 3. The Morgan fingerprint density at radius 3 is 2.80 bits per heavy atom. The highest BCUT2D eigenvalue weighted by Gasteiger charge is 2.14. The second-order valence-corrected chi connectivity index (χ2v) is 4.02. The molecule has 0 fully saturated rings. The minimum atomic E-state index is -0.726. The van der Waals surface area contributed by atoms with Gasteiger partial charge < -0.3 is 13.9 Å². The summed E-state index contributed by atoms with van der Waals surface area (Å²) in [6.07, 6.45) is 1.35. The summed E-state index contributed by atoms with van der Waals surface area (Å²) >= 11 is 0. The number of furan rings is 1. The molecule has 0 aliphatic heterocycles. The number of hydrogen-bond donors (Lipinski definition) is 2. The van der Waals surface area contributed by atoms with Crippen molar-refractivity contribution >= 4 is 11.6 Å². The van der Waals surface area contributed by atoms with Crippen LogP contribution in [0.15, 0.2) is 43.2 Å². The van der Waals surface area contributed by atoms with E-state index in [1.807, 2.05) is 0 Å². The molecule has 2 N–H and O–H groups in total. The fraction of sp³-hybridized carbons (Fsp3) is 0.154. The first kappa shape index (κ1) is 13.6. The van der Waals surface area contributed by atoms with Gasteiger partial charge in [0.05, 0.1) is 12.0 Å². The molecule has 0 bridgehead atoms. The van der Waals surface area contributed by atoms with Crippen molar-refractivity contribution in [2.75, 3.05) is 0 Å². The van der Waals surface area contributed by atoms with E-state index < -0.39 is 11.5 Å². The molecule has 0 aromatic carbocycles. The third kappa shape index (κ3) is 2.77. The van der Waals surface area contributed by atoms with Gasteiger partial charge in [-0.1, -0.05) is 0 Å². The minimum absolute atomic E-state index is 0.0849.